The van der Waals surface area contributed by atoms with E-state index in [0.717, 1.165) is 63.9 Å². The Kier molecular flexibility index (Phi) is 8.14. The van der Waals surface area contributed by atoms with Crippen molar-refractivity contribution in [1.29, 1.82) is 0 Å². The Morgan fingerprint density at radius 3 is 1.49 bits per heavy atom. The molecular weight excluding hydrogens is 724 g/mol. The van der Waals surface area contributed by atoms with Gasteiger partial charge in [-0.05, 0) is 47.5 Å². The van der Waals surface area contributed by atoms with Crippen LogP contribution in [-0.2, 0) is 4.74 Å². The average molecular weight is 748 g/mol. The van der Waals surface area contributed by atoms with Crippen molar-refractivity contribution in [3.8, 4) is 22.3 Å². The zero-order valence-electron chi connectivity index (χ0n) is 24.8. The molecule has 0 aliphatic carbocycles. The van der Waals surface area contributed by atoms with Crippen LogP contribution in [0.1, 0.15) is 20.7 Å². The molecule has 2 aromatic heterocycles. The van der Waals surface area contributed by atoms with Crippen molar-refractivity contribution in [2.75, 3.05) is 7.11 Å². The largest absolute Gasteiger partial charge is 0.478 e. The number of hydrogen-bond donors (Lipinski definition) is 1. The molecule has 0 saturated carbocycles. The lowest BCUT2D eigenvalue weighted by Crippen LogP contribution is -2.03. The van der Waals surface area contributed by atoms with E-state index in [-0.39, 0.29) is 11.5 Å². The number of fused-ring (bicyclic) bond motifs is 6. The van der Waals surface area contributed by atoms with E-state index in [1.165, 1.54) is 7.11 Å². The number of methoxy groups -OCH3 is 1. The highest BCUT2D eigenvalue weighted by molar-refractivity contribution is 9.10. The third-order valence-corrected chi connectivity index (χ3v) is 8.97. The van der Waals surface area contributed by atoms with E-state index in [4.69, 9.17) is 13.6 Å². The van der Waals surface area contributed by atoms with Crippen molar-refractivity contribution in [2.45, 2.75) is 0 Å². The van der Waals surface area contributed by atoms with Gasteiger partial charge in [-0.25, -0.2) is 9.59 Å². The Labute approximate surface area is 285 Å². The molecule has 6 aromatic carbocycles. The van der Waals surface area contributed by atoms with Gasteiger partial charge in [-0.15, -0.1) is 0 Å². The van der Waals surface area contributed by atoms with Crippen LogP contribution in [0.25, 0.3) is 66.1 Å². The Bertz CT molecular complexity index is 2490. The highest BCUT2D eigenvalue weighted by atomic mass is 79.9. The number of hydrogen-bond acceptors (Lipinski definition) is 5. The van der Waals surface area contributed by atoms with Gasteiger partial charge in [-0.2, -0.15) is 0 Å². The maximum absolute atomic E-state index is 12.2. The minimum absolute atomic E-state index is 0.243. The molecule has 0 saturated heterocycles. The number of aromatic carboxylic acids is 1. The van der Waals surface area contributed by atoms with Gasteiger partial charge in [0.05, 0.1) is 18.2 Å². The molecule has 8 heteroatoms. The number of carboxylic acid groups (broad SMARTS) is 1. The monoisotopic (exact) mass is 746 g/mol. The lowest BCUT2D eigenvalue weighted by Gasteiger charge is -2.09. The molecular formula is C39H24Br2O6. The van der Waals surface area contributed by atoms with Crippen molar-refractivity contribution in [1.82, 2.24) is 0 Å². The number of para-hydroxylation sites is 4. The van der Waals surface area contributed by atoms with Gasteiger partial charge in [-0.3, -0.25) is 0 Å². The summed E-state index contributed by atoms with van der Waals surface area (Å²) in [5, 5.41) is 13.6. The van der Waals surface area contributed by atoms with E-state index in [1.807, 2.05) is 103 Å². The SMILES string of the molecule is COC(=O)c1cc(Br)ccc1-c1cccc2c1oc1ccccc12.O=C(O)c1cc(Br)ccc1-c1cccc2c1oc1ccccc12. The number of benzene rings is 6. The summed E-state index contributed by atoms with van der Waals surface area (Å²) >= 11 is 6.74. The number of carboxylic acids is 1. The number of carbonyl (C=O) groups excluding carboxylic acids is 1. The zero-order valence-corrected chi connectivity index (χ0v) is 28.0. The number of rotatable bonds is 4. The van der Waals surface area contributed by atoms with E-state index in [2.05, 4.69) is 31.9 Å². The summed E-state index contributed by atoms with van der Waals surface area (Å²) in [6.07, 6.45) is 0. The number of carbonyl (C=O) groups is 2. The predicted octanol–water partition coefficient (Wildman–Crippen LogP) is 11.5. The fourth-order valence-corrected chi connectivity index (χ4v) is 6.60. The lowest BCUT2D eigenvalue weighted by molar-refractivity contribution is 0.0600. The van der Waals surface area contributed by atoms with Gasteiger partial charge in [0.2, 0.25) is 0 Å². The van der Waals surface area contributed by atoms with Gasteiger partial charge >= 0.3 is 11.9 Å². The summed E-state index contributed by atoms with van der Waals surface area (Å²) < 4.78 is 18.6. The molecule has 0 aliphatic heterocycles. The summed E-state index contributed by atoms with van der Waals surface area (Å²) in [6.45, 7) is 0. The average Bonchev–Trinajstić information content (AvgIpc) is 3.67. The quantitative estimate of drug-likeness (QED) is 0.180. The van der Waals surface area contributed by atoms with Crippen LogP contribution in [0.4, 0.5) is 0 Å². The second-order valence-corrected chi connectivity index (χ2v) is 12.6. The van der Waals surface area contributed by atoms with E-state index in [9.17, 15) is 14.7 Å². The standard InChI is InChI=1S/C20H13BrO3.C19H11BrO3/c1-23-20(22)17-11-12(21)9-10-13(17)15-6-4-7-16-14-5-2-3-8-18(14)24-19(15)16;20-11-8-9-12(16(10-11)19(21)22)14-5-3-6-15-13-4-1-2-7-17(13)23-18(14)15/h2-11H,1H3;1-10H,(H,21,22). The first kappa shape index (κ1) is 30.5. The van der Waals surface area contributed by atoms with Crippen molar-refractivity contribution >= 4 is 87.7 Å². The number of ether oxygens (including phenoxy) is 1. The molecule has 8 aromatic rings. The van der Waals surface area contributed by atoms with Crippen LogP contribution < -0.4 is 0 Å². The second kappa shape index (κ2) is 12.5. The fourth-order valence-electron chi connectivity index (χ4n) is 5.88. The highest BCUT2D eigenvalue weighted by Crippen LogP contribution is 2.39. The molecule has 0 spiro atoms. The maximum atomic E-state index is 12.2. The van der Waals surface area contributed by atoms with Gasteiger partial charge in [0.15, 0.2) is 0 Å². The molecule has 6 nitrogen and oxygen atoms in total. The Morgan fingerprint density at radius 1 is 0.553 bits per heavy atom. The number of furan rings is 2. The molecule has 0 radical (unpaired) electrons. The third-order valence-electron chi connectivity index (χ3n) is 7.99. The first-order valence-electron chi connectivity index (χ1n) is 14.6. The van der Waals surface area contributed by atoms with Crippen LogP contribution in [0.5, 0.6) is 0 Å². The number of esters is 1. The Balaban J connectivity index is 0.000000150. The molecule has 0 aliphatic rings. The van der Waals surface area contributed by atoms with Crippen molar-refractivity contribution < 1.29 is 28.3 Å². The smallest absolute Gasteiger partial charge is 0.338 e. The van der Waals surface area contributed by atoms with Crippen LogP contribution in [0.3, 0.4) is 0 Å². The summed E-state index contributed by atoms with van der Waals surface area (Å²) in [4.78, 5) is 23.8. The van der Waals surface area contributed by atoms with Gasteiger partial charge < -0.3 is 18.7 Å². The number of halogens is 2. The normalized spacial score (nSPS) is 11.1. The lowest BCUT2D eigenvalue weighted by atomic mass is 9.97. The van der Waals surface area contributed by atoms with Gasteiger partial charge in [-0.1, -0.05) is 117 Å². The van der Waals surface area contributed by atoms with E-state index >= 15 is 0 Å². The minimum atomic E-state index is -0.964. The van der Waals surface area contributed by atoms with Gasteiger partial charge in [0.25, 0.3) is 0 Å². The van der Waals surface area contributed by atoms with Crippen LogP contribution >= 0.6 is 31.9 Å². The maximum Gasteiger partial charge on any atom is 0.338 e. The van der Waals surface area contributed by atoms with Crippen molar-refractivity contribution in [3.63, 3.8) is 0 Å². The second-order valence-electron chi connectivity index (χ2n) is 10.7. The molecule has 0 bridgehead atoms. The fraction of sp³-hybridized carbons (Fsp3) is 0.0256. The van der Waals surface area contributed by atoms with Crippen LogP contribution in [0, 0.1) is 0 Å². The van der Waals surface area contributed by atoms with E-state index in [1.54, 1.807) is 18.2 Å². The molecule has 47 heavy (non-hydrogen) atoms. The summed E-state index contributed by atoms with van der Waals surface area (Å²) in [5.41, 5.74) is 6.93. The zero-order chi connectivity index (χ0) is 32.7. The first-order valence-corrected chi connectivity index (χ1v) is 16.1. The molecule has 1 N–H and O–H groups in total. The molecule has 0 atom stereocenters. The summed E-state index contributed by atoms with van der Waals surface area (Å²) in [6, 6.07) is 38.3. The Morgan fingerprint density at radius 2 is 1.00 bits per heavy atom. The molecule has 0 amide bonds. The minimum Gasteiger partial charge on any atom is -0.478 e. The van der Waals surface area contributed by atoms with Crippen LogP contribution in [0.15, 0.2) is 139 Å². The highest BCUT2D eigenvalue weighted by Gasteiger charge is 2.19. The third kappa shape index (κ3) is 5.60. The topological polar surface area (TPSA) is 89.9 Å². The first-order chi connectivity index (χ1) is 22.8. The van der Waals surface area contributed by atoms with Crippen LogP contribution in [-0.4, -0.2) is 24.2 Å². The molecule has 8 rings (SSSR count). The van der Waals surface area contributed by atoms with Crippen molar-refractivity contribution in [3.05, 3.63) is 141 Å². The summed E-state index contributed by atoms with van der Waals surface area (Å²) in [5.74, 6) is -1.34. The molecule has 0 fully saturated rings. The van der Waals surface area contributed by atoms with E-state index in [0.29, 0.717) is 16.7 Å². The van der Waals surface area contributed by atoms with E-state index < -0.39 is 5.97 Å². The van der Waals surface area contributed by atoms with Crippen molar-refractivity contribution in [2.24, 2.45) is 0 Å². The predicted molar refractivity (Wildman–Crippen MR) is 192 cm³/mol. The summed E-state index contributed by atoms with van der Waals surface area (Å²) in [7, 11) is 1.38. The van der Waals surface area contributed by atoms with Gasteiger partial charge in [0, 0.05) is 41.6 Å². The molecule has 2 heterocycles. The molecule has 0 unspecified atom stereocenters. The van der Waals surface area contributed by atoms with Crippen LogP contribution in [0.2, 0.25) is 0 Å². The Hall–Kier alpha value is -5.18. The molecule has 230 valence electrons. The van der Waals surface area contributed by atoms with Gasteiger partial charge in [0.1, 0.15) is 22.3 Å².